The van der Waals surface area contributed by atoms with Gasteiger partial charge in [-0.3, -0.25) is 5.32 Å². The van der Waals surface area contributed by atoms with Gasteiger partial charge in [0.2, 0.25) is 0 Å². The van der Waals surface area contributed by atoms with Gasteiger partial charge in [0, 0.05) is 27.7 Å². The van der Waals surface area contributed by atoms with Crippen molar-refractivity contribution in [3.8, 4) is 11.8 Å². The third-order valence-corrected chi connectivity index (χ3v) is 4.72. The van der Waals surface area contributed by atoms with Crippen LogP contribution in [0.2, 0.25) is 0 Å². The van der Waals surface area contributed by atoms with Gasteiger partial charge in [-0.2, -0.15) is 5.26 Å². The van der Waals surface area contributed by atoms with Crippen LogP contribution >= 0.6 is 15.9 Å². The molecule has 0 unspecified atom stereocenters. The lowest BCUT2D eigenvalue weighted by Gasteiger charge is -2.34. The van der Waals surface area contributed by atoms with Gasteiger partial charge in [0.15, 0.2) is 0 Å². The molecule has 2 aromatic rings. The van der Waals surface area contributed by atoms with Crippen molar-refractivity contribution < 1.29 is 19.7 Å². The number of hydrogen-bond donors (Lipinski definition) is 3. The van der Waals surface area contributed by atoms with E-state index in [0.29, 0.717) is 23.2 Å². The maximum absolute atomic E-state index is 12.4. The molecule has 0 radical (unpaired) electrons. The number of aliphatic hydroxyl groups is 1. The summed E-state index contributed by atoms with van der Waals surface area (Å²) in [7, 11) is 0. The number of nitriles is 1. The largest absolute Gasteiger partial charge is 0.508 e. The van der Waals surface area contributed by atoms with Crippen LogP contribution in [0.4, 0.5) is 10.5 Å². The summed E-state index contributed by atoms with van der Waals surface area (Å²) < 4.78 is 6.38. The number of aliphatic hydroxyl groups excluding tert-OH is 1. The van der Waals surface area contributed by atoms with Gasteiger partial charge in [0.1, 0.15) is 11.9 Å². The average Bonchev–Trinajstić information content (AvgIpc) is 2.62. The second-order valence-corrected chi connectivity index (χ2v) is 7.68. The minimum absolute atomic E-state index is 0.000359. The molecule has 1 atom stereocenters. The van der Waals surface area contributed by atoms with E-state index in [0.717, 1.165) is 4.47 Å². The summed E-state index contributed by atoms with van der Waals surface area (Å²) in [5.41, 5.74) is 0.776. The molecule has 0 spiro atoms. The van der Waals surface area contributed by atoms with E-state index in [1.54, 1.807) is 36.4 Å². The molecule has 0 saturated carbocycles. The van der Waals surface area contributed by atoms with Crippen LogP contribution in [-0.4, -0.2) is 22.9 Å². The molecule has 0 saturated heterocycles. The quantitative estimate of drug-likeness (QED) is 0.612. The number of phenolic OH excluding ortho intramolecular Hbond substituents is 1. The van der Waals surface area contributed by atoms with E-state index in [1.807, 2.05) is 19.9 Å². The predicted molar refractivity (Wildman–Crippen MR) is 105 cm³/mol. The Balaban J connectivity index is 2.26. The van der Waals surface area contributed by atoms with Crippen LogP contribution in [0.25, 0.3) is 0 Å². The number of ether oxygens (including phenoxy) is 1. The topological polar surface area (TPSA) is 103 Å². The summed E-state index contributed by atoms with van der Waals surface area (Å²) in [6.07, 6.45) is -1.12. The van der Waals surface area contributed by atoms with Gasteiger partial charge in [-0.1, -0.05) is 29.8 Å². The first-order chi connectivity index (χ1) is 12.8. The summed E-state index contributed by atoms with van der Waals surface area (Å²) in [4.78, 5) is 12.4. The molecular formula is C20H21BrN2O4. The number of nitrogens with zero attached hydrogens (tertiary/aromatic N) is 1. The number of benzene rings is 2. The van der Waals surface area contributed by atoms with Crippen LogP contribution in [0.5, 0.6) is 5.75 Å². The predicted octanol–water partition coefficient (Wildman–Crippen LogP) is 4.72. The Labute approximate surface area is 166 Å². The number of rotatable bonds is 6. The molecule has 27 heavy (non-hydrogen) atoms. The summed E-state index contributed by atoms with van der Waals surface area (Å²) in [5.74, 6) is 0.000359. The summed E-state index contributed by atoms with van der Waals surface area (Å²) in [5, 5.41) is 31.1. The summed E-state index contributed by atoms with van der Waals surface area (Å²) in [6, 6.07) is 13.3. The molecule has 2 rings (SSSR count). The first-order valence-electron chi connectivity index (χ1n) is 8.34. The first-order valence-corrected chi connectivity index (χ1v) is 9.13. The molecule has 7 heteroatoms. The van der Waals surface area contributed by atoms with E-state index in [-0.39, 0.29) is 12.4 Å². The number of halogens is 1. The normalized spacial score (nSPS) is 12.1. The molecule has 0 aliphatic heterocycles. The Morgan fingerprint density at radius 2 is 1.96 bits per heavy atom. The molecule has 0 aromatic heterocycles. The van der Waals surface area contributed by atoms with Crippen LogP contribution in [0, 0.1) is 16.7 Å². The highest BCUT2D eigenvalue weighted by atomic mass is 79.9. The van der Waals surface area contributed by atoms with Crippen molar-refractivity contribution >= 4 is 27.7 Å². The third-order valence-electron chi connectivity index (χ3n) is 4.22. The zero-order chi connectivity index (χ0) is 20.0. The Kier molecular flexibility index (Phi) is 6.83. The Morgan fingerprint density at radius 1 is 1.30 bits per heavy atom. The van der Waals surface area contributed by atoms with Crippen LogP contribution in [-0.2, 0) is 4.74 Å². The number of carbonyl (C=O) groups excluding carboxylic acids is 1. The lowest BCUT2D eigenvalue weighted by atomic mass is 9.79. The number of phenols is 1. The molecule has 3 N–H and O–H groups in total. The van der Waals surface area contributed by atoms with Crippen molar-refractivity contribution in [1.82, 2.24) is 0 Å². The Bertz CT molecular complexity index is 844. The van der Waals surface area contributed by atoms with Crippen LogP contribution in [0.3, 0.4) is 0 Å². The number of hydrogen-bond acceptors (Lipinski definition) is 5. The van der Waals surface area contributed by atoms with Crippen molar-refractivity contribution in [3.63, 3.8) is 0 Å². The van der Waals surface area contributed by atoms with Gasteiger partial charge in [-0.25, -0.2) is 4.79 Å². The highest BCUT2D eigenvalue weighted by Crippen LogP contribution is 2.43. The lowest BCUT2D eigenvalue weighted by Crippen LogP contribution is -2.30. The van der Waals surface area contributed by atoms with Crippen molar-refractivity contribution in [2.24, 2.45) is 5.41 Å². The minimum atomic E-state index is -0.791. The van der Waals surface area contributed by atoms with Crippen molar-refractivity contribution in [1.29, 1.82) is 5.26 Å². The maximum atomic E-state index is 12.4. The molecule has 0 aliphatic rings. The van der Waals surface area contributed by atoms with Gasteiger partial charge < -0.3 is 14.9 Å². The zero-order valence-corrected chi connectivity index (χ0v) is 16.7. The fraction of sp³-hybridized carbons (Fsp3) is 0.300. The maximum Gasteiger partial charge on any atom is 0.412 e. The second-order valence-electron chi connectivity index (χ2n) is 6.76. The van der Waals surface area contributed by atoms with Crippen LogP contribution in [0.1, 0.15) is 37.5 Å². The van der Waals surface area contributed by atoms with Gasteiger partial charge in [-0.05, 0) is 48.9 Å². The number of amides is 1. The van der Waals surface area contributed by atoms with Crippen molar-refractivity contribution in [2.45, 2.75) is 26.4 Å². The summed E-state index contributed by atoms with van der Waals surface area (Å²) >= 11 is 3.36. The van der Waals surface area contributed by atoms with Crippen LogP contribution in [0.15, 0.2) is 46.9 Å². The molecular weight excluding hydrogens is 412 g/mol. The number of carbonyl (C=O) groups is 1. The molecule has 0 fully saturated rings. The molecule has 1 amide bonds. The molecule has 6 nitrogen and oxygen atoms in total. The van der Waals surface area contributed by atoms with E-state index in [4.69, 9.17) is 10.00 Å². The lowest BCUT2D eigenvalue weighted by molar-refractivity contribution is 0.0138. The van der Waals surface area contributed by atoms with E-state index >= 15 is 0 Å². The minimum Gasteiger partial charge on any atom is -0.508 e. The number of anilines is 1. The Hall–Kier alpha value is -2.56. The molecule has 0 bridgehead atoms. The molecule has 142 valence electrons. The summed E-state index contributed by atoms with van der Waals surface area (Å²) in [6.45, 7) is 3.62. The number of aromatic hydroxyl groups is 1. The molecule has 2 aromatic carbocycles. The fourth-order valence-electron chi connectivity index (χ4n) is 2.68. The Morgan fingerprint density at radius 3 is 2.56 bits per heavy atom. The van der Waals surface area contributed by atoms with E-state index in [9.17, 15) is 15.0 Å². The highest BCUT2D eigenvalue weighted by molar-refractivity contribution is 9.10. The number of nitrogens with one attached hydrogen (secondary N) is 1. The van der Waals surface area contributed by atoms with Crippen molar-refractivity contribution in [3.05, 3.63) is 58.1 Å². The average molecular weight is 433 g/mol. The SMILES string of the molecule is CC(C)(CCO)[C@H](OC(=O)Nc1ccc(C#N)cc1)c1cc(Br)ccc1O. The fourth-order valence-corrected chi connectivity index (χ4v) is 3.06. The van der Waals surface area contributed by atoms with E-state index in [2.05, 4.69) is 21.2 Å². The second kappa shape index (κ2) is 8.89. The van der Waals surface area contributed by atoms with Gasteiger partial charge >= 0.3 is 6.09 Å². The van der Waals surface area contributed by atoms with Crippen molar-refractivity contribution in [2.75, 3.05) is 11.9 Å². The smallest absolute Gasteiger partial charge is 0.412 e. The molecule has 0 heterocycles. The zero-order valence-electron chi connectivity index (χ0n) is 15.1. The van der Waals surface area contributed by atoms with E-state index < -0.39 is 17.6 Å². The first kappa shape index (κ1) is 20.7. The van der Waals surface area contributed by atoms with Gasteiger partial charge in [-0.15, -0.1) is 0 Å². The van der Waals surface area contributed by atoms with E-state index in [1.165, 1.54) is 6.07 Å². The van der Waals surface area contributed by atoms with Gasteiger partial charge in [0.25, 0.3) is 0 Å². The van der Waals surface area contributed by atoms with Gasteiger partial charge in [0.05, 0.1) is 11.6 Å². The van der Waals surface area contributed by atoms with Crippen LogP contribution < -0.4 is 5.32 Å². The molecule has 0 aliphatic carbocycles. The standard InChI is InChI=1S/C20H21BrN2O4/c1-20(2,9-10-24)18(16-11-14(21)5-8-17(16)25)27-19(26)23-15-6-3-13(12-22)4-7-15/h3-8,11,18,24-25H,9-10H2,1-2H3,(H,23,26)/t18-/m1/s1. The highest BCUT2D eigenvalue weighted by Gasteiger charge is 2.35. The monoisotopic (exact) mass is 432 g/mol. The third kappa shape index (κ3) is 5.46.